The van der Waals surface area contributed by atoms with Crippen molar-refractivity contribution in [3.8, 4) is 0 Å². The quantitative estimate of drug-likeness (QED) is 0.489. The molecule has 0 radical (unpaired) electrons. The molecule has 3 nitrogen and oxygen atoms in total. The Labute approximate surface area is 134 Å². The number of amides is 2. The van der Waals surface area contributed by atoms with E-state index in [1.807, 2.05) is 27.7 Å². The van der Waals surface area contributed by atoms with Crippen LogP contribution in [0.2, 0.25) is 0 Å². The molecule has 0 aromatic heterocycles. The average molecular weight is 311 g/mol. The summed E-state index contributed by atoms with van der Waals surface area (Å²) < 4.78 is 0. The van der Waals surface area contributed by atoms with Crippen molar-refractivity contribution in [1.82, 2.24) is 4.90 Å². The second kappa shape index (κ2) is 9.82. The first kappa shape index (κ1) is 20.0. The first-order valence-corrected chi connectivity index (χ1v) is 8.50. The number of imide groups is 1. The van der Waals surface area contributed by atoms with Crippen molar-refractivity contribution in [3.05, 3.63) is 25.3 Å². The smallest absolute Gasteiger partial charge is 0.233 e. The summed E-state index contributed by atoms with van der Waals surface area (Å²) in [5, 5.41) is 0. The first-order valence-electron chi connectivity index (χ1n) is 7.86. The lowest BCUT2D eigenvalue weighted by Gasteiger charge is -2.17. The molecule has 4 heteroatoms. The van der Waals surface area contributed by atoms with Gasteiger partial charge in [0.1, 0.15) is 0 Å². The van der Waals surface area contributed by atoms with Gasteiger partial charge in [-0.15, -0.1) is 13.2 Å². The van der Waals surface area contributed by atoms with E-state index in [0.29, 0.717) is 12.3 Å². The van der Waals surface area contributed by atoms with Gasteiger partial charge in [-0.25, -0.2) is 0 Å². The van der Waals surface area contributed by atoms with Crippen LogP contribution in [0.4, 0.5) is 0 Å². The average Bonchev–Trinajstić information content (AvgIpc) is 3.03. The van der Waals surface area contributed by atoms with Crippen LogP contribution >= 0.6 is 12.6 Å². The Kier molecular flexibility index (Phi) is 9.34. The number of likely N-dealkylation sites (tertiary alicyclic amines) is 1. The van der Waals surface area contributed by atoms with Crippen LogP contribution in [-0.4, -0.2) is 29.0 Å². The number of hydrogen-bond donors (Lipinski definition) is 1. The fraction of sp³-hybridized carbons (Fsp3) is 0.647. The molecule has 2 aliphatic rings. The summed E-state index contributed by atoms with van der Waals surface area (Å²) in [6, 6.07) is 0. The molecule has 2 rings (SSSR count). The van der Waals surface area contributed by atoms with Crippen LogP contribution < -0.4 is 0 Å². The summed E-state index contributed by atoms with van der Waals surface area (Å²) in [5.41, 5.74) is 0. The van der Waals surface area contributed by atoms with Crippen LogP contribution in [-0.2, 0) is 9.59 Å². The highest BCUT2D eigenvalue weighted by Gasteiger charge is 2.56. The number of rotatable bonds is 4. The molecule has 21 heavy (non-hydrogen) atoms. The lowest BCUT2D eigenvalue weighted by Crippen LogP contribution is -2.34. The zero-order valence-electron chi connectivity index (χ0n) is 13.7. The Bertz CT molecular complexity index is 349. The molecule has 1 saturated heterocycles. The normalized spacial score (nSPS) is 29.9. The molecule has 1 heterocycles. The number of thiol groups is 1. The van der Waals surface area contributed by atoms with Gasteiger partial charge in [-0.3, -0.25) is 14.5 Å². The molecule has 1 aliphatic carbocycles. The third kappa shape index (κ3) is 3.79. The van der Waals surface area contributed by atoms with Crippen molar-refractivity contribution < 1.29 is 9.59 Å². The van der Waals surface area contributed by atoms with Crippen LogP contribution in [0.5, 0.6) is 0 Å². The van der Waals surface area contributed by atoms with E-state index >= 15 is 0 Å². The van der Waals surface area contributed by atoms with Gasteiger partial charge in [0.2, 0.25) is 11.8 Å². The van der Waals surface area contributed by atoms with Crippen molar-refractivity contribution in [2.45, 2.75) is 34.1 Å². The van der Waals surface area contributed by atoms with Crippen molar-refractivity contribution in [2.75, 3.05) is 12.3 Å². The standard InChI is InChI=1S/C13H17NO2S.2C2H6/c1-3-8-7-9(4-2)11-10(8)12(15)14(5-6-17)13(11)16;2*1-2/h3-4,8-11,17H,1-2,5-7H2;2*1-2H3. The zero-order chi connectivity index (χ0) is 16.6. The first-order chi connectivity index (χ1) is 10.2. The fourth-order valence-corrected chi connectivity index (χ4v) is 3.29. The molecule has 1 aliphatic heterocycles. The molecule has 2 amide bonds. The van der Waals surface area contributed by atoms with Gasteiger partial charge in [0.25, 0.3) is 0 Å². The van der Waals surface area contributed by atoms with Crippen LogP contribution in [0.15, 0.2) is 25.3 Å². The minimum atomic E-state index is -0.220. The lowest BCUT2D eigenvalue weighted by molar-refractivity contribution is -0.140. The van der Waals surface area contributed by atoms with E-state index in [9.17, 15) is 9.59 Å². The van der Waals surface area contributed by atoms with E-state index in [-0.39, 0.29) is 35.5 Å². The number of nitrogens with zero attached hydrogens (tertiary/aromatic N) is 1. The minimum absolute atomic E-state index is 0.0525. The van der Waals surface area contributed by atoms with E-state index < -0.39 is 0 Å². The highest BCUT2D eigenvalue weighted by molar-refractivity contribution is 7.80. The second-order valence-electron chi connectivity index (χ2n) is 4.64. The van der Waals surface area contributed by atoms with Gasteiger partial charge in [-0.05, 0) is 18.3 Å². The molecule has 0 bridgehead atoms. The van der Waals surface area contributed by atoms with E-state index in [4.69, 9.17) is 0 Å². The Hall–Kier alpha value is -1.03. The maximum absolute atomic E-state index is 12.2. The van der Waals surface area contributed by atoms with E-state index in [1.54, 1.807) is 12.2 Å². The van der Waals surface area contributed by atoms with Gasteiger partial charge >= 0.3 is 0 Å². The van der Waals surface area contributed by atoms with Gasteiger partial charge < -0.3 is 0 Å². The van der Waals surface area contributed by atoms with Gasteiger partial charge in [-0.2, -0.15) is 12.6 Å². The van der Waals surface area contributed by atoms with Gasteiger partial charge in [-0.1, -0.05) is 39.8 Å². The monoisotopic (exact) mass is 311 g/mol. The number of fused-ring (bicyclic) bond motifs is 1. The van der Waals surface area contributed by atoms with Gasteiger partial charge in [0, 0.05) is 12.3 Å². The Morgan fingerprint density at radius 3 is 1.71 bits per heavy atom. The van der Waals surface area contributed by atoms with Crippen molar-refractivity contribution >= 4 is 24.4 Å². The Morgan fingerprint density at radius 1 is 1.05 bits per heavy atom. The molecule has 0 aromatic rings. The summed E-state index contributed by atoms with van der Waals surface area (Å²) in [6.07, 6.45) is 4.42. The highest BCUT2D eigenvalue weighted by Crippen LogP contribution is 2.48. The molecule has 2 fully saturated rings. The summed E-state index contributed by atoms with van der Waals surface area (Å²) in [7, 11) is 0. The van der Waals surface area contributed by atoms with Crippen molar-refractivity contribution in [2.24, 2.45) is 23.7 Å². The minimum Gasteiger partial charge on any atom is -0.281 e. The molecule has 4 atom stereocenters. The highest BCUT2D eigenvalue weighted by atomic mass is 32.1. The molecule has 1 saturated carbocycles. The number of hydrogen-bond acceptors (Lipinski definition) is 3. The third-order valence-electron chi connectivity index (χ3n) is 3.89. The summed E-state index contributed by atoms with van der Waals surface area (Å²) >= 11 is 4.09. The van der Waals surface area contributed by atoms with Crippen LogP contribution in [0.3, 0.4) is 0 Å². The Balaban J connectivity index is 0.000000921. The summed E-state index contributed by atoms with van der Waals surface area (Å²) in [6.45, 7) is 15.9. The molecule has 0 aromatic carbocycles. The van der Waals surface area contributed by atoms with Crippen LogP contribution in [0.25, 0.3) is 0 Å². The third-order valence-corrected chi connectivity index (χ3v) is 4.09. The molecule has 4 unspecified atom stereocenters. The van der Waals surface area contributed by atoms with Gasteiger partial charge in [0.05, 0.1) is 11.8 Å². The zero-order valence-corrected chi connectivity index (χ0v) is 14.6. The predicted octanol–water partition coefficient (Wildman–Crippen LogP) is 3.58. The number of allylic oxidation sites excluding steroid dienone is 2. The van der Waals surface area contributed by atoms with Crippen molar-refractivity contribution in [1.29, 1.82) is 0 Å². The van der Waals surface area contributed by atoms with Crippen molar-refractivity contribution in [3.63, 3.8) is 0 Å². The summed E-state index contributed by atoms with van der Waals surface area (Å²) in [5.74, 6) is 0.167. The SMILES string of the molecule is C=CC1CC(C=C)C2C(=O)N(CCS)C(=O)C12.CC.CC. The number of carbonyl (C=O) groups excluding carboxylic acids is 2. The topological polar surface area (TPSA) is 37.4 Å². The fourth-order valence-electron chi connectivity index (χ4n) is 3.09. The van der Waals surface area contributed by atoms with Crippen LogP contribution in [0, 0.1) is 23.7 Å². The molecule has 120 valence electrons. The van der Waals surface area contributed by atoms with Crippen LogP contribution in [0.1, 0.15) is 34.1 Å². The lowest BCUT2D eigenvalue weighted by atomic mass is 9.89. The summed E-state index contributed by atoms with van der Waals surface area (Å²) in [4.78, 5) is 25.8. The molecular weight excluding hydrogens is 282 g/mol. The molecule has 0 N–H and O–H groups in total. The molecule has 0 spiro atoms. The predicted molar refractivity (Wildman–Crippen MR) is 92.2 cm³/mol. The van der Waals surface area contributed by atoms with Gasteiger partial charge in [0.15, 0.2) is 0 Å². The molecular formula is C17H29NO2S. The van der Waals surface area contributed by atoms with E-state index in [2.05, 4.69) is 25.8 Å². The second-order valence-corrected chi connectivity index (χ2v) is 5.09. The van der Waals surface area contributed by atoms with E-state index in [0.717, 1.165) is 6.42 Å². The maximum Gasteiger partial charge on any atom is 0.233 e. The largest absolute Gasteiger partial charge is 0.281 e. The van der Waals surface area contributed by atoms with E-state index in [1.165, 1.54) is 4.90 Å². The number of carbonyl (C=O) groups is 2. The maximum atomic E-state index is 12.2. The Morgan fingerprint density at radius 2 is 1.43 bits per heavy atom.